The summed E-state index contributed by atoms with van der Waals surface area (Å²) in [6, 6.07) is 10.3. The van der Waals surface area contributed by atoms with Crippen molar-refractivity contribution in [2.75, 3.05) is 0 Å². The summed E-state index contributed by atoms with van der Waals surface area (Å²) in [7, 11) is 0. The van der Waals surface area contributed by atoms with E-state index >= 15 is 0 Å². The highest BCUT2D eigenvalue weighted by Gasteiger charge is 2.11. The lowest BCUT2D eigenvalue weighted by atomic mass is 10.0. The van der Waals surface area contributed by atoms with Gasteiger partial charge in [0.1, 0.15) is 0 Å². The van der Waals surface area contributed by atoms with E-state index in [1.54, 1.807) is 0 Å². The van der Waals surface area contributed by atoms with Gasteiger partial charge in [0.25, 0.3) is 0 Å². The van der Waals surface area contributed by atoms with Crippen molar-refractivity contribution in [3.63, 3.8) is 0 Å². The first-order valence-electron chi connectivity index (χ1n) is 5.80. The Hall–Kier alpha value is -1.08. The molecule has 0 saturated heterocycles. The van der Waals surface area contributed by atoms with Gasteiger partial charge in [0.05, 0.1) is 11.1 Å². The molecule has 2 aromatic rings. The SMILES string of the molecule is CCCCC(Cl)c1nccc2ccccc12. The third kappa shape index (κ3) is 2.35. The first kappa shape index (κ1) is 11.4. The average Bonchev–Trinajstić information content (AvgIpc) is 2.35. The smallest absolute Gasteiger partial charge is 0.0763 e. The zero-order valence-corrected chi connectivity index (χ0v) is 10.2. The van der Waals surface area contributed by atoms with Crippen molar-refractivity contribution >= 4 is 22.4 Å². The van der Waals surface area contributed by atoms with Crippen LogP contribution in [0, 0.1) is 0 Å². The molecule has 1 nitrogen and oxygen atoms in total. The maximum absolute atomic E-state index is 6.40. The Morgan fingerprint density at radius 3 is 2.88 bits per heavy atom. The van der Waals surface area contributed by atoms with Crippen molar-refractivity contribution in [2.45, 2.75) is 31.6 Å². The maximum atomic E-state index is 6.40. The van der Waals surface area contributed by atoms with Gasteiger partial charge in [-0.3, -0.25) is 4.98 Å². The number of hydrogen-bond donors (Lipinski definition) is 0. The van der Waals surface area contributed by atoms with Gasteiger partial charge in [-0.25, -0.2) is 0 Å². The molecule has 0 aliphatic rings. The van der Waals surface area contributed by atoms with Gasteiger partial charge < -0.3 is 0 Å². The Morgan fingerprint density at radius 1 is 1.25 bits per heavy atom. The minimum Gasteiger partial charge on any atom is -0.259 e. The first-order chi connectivity index (χ1) is 7.83. The van der Waals surface area contributed by atoms with Crippen LogP contribution in [0.5, 0.6) is 0 Å². The zero-order valence-electron chi connectivity index (χ0n) is 9.49. The summed E-state index contributed by atoms with van der Waals surface area (Å²) in [4.78, 5) is 4.43. The maximum Gasteiger partial charge on any atom is 0.0763 e. The molecular weight excluding hydrogens is 218 g/mol. The van der Waals surface area contributed by atoms with Crippen LogP contribution in [0.15, 0.2) is 36.5 Å². The molecule has 16 heavy (non-hydrogen) atoms. The highest BCUT2D eigenvalue weighted by Crippen LogP contribution is 2.30. The second-order valence-corrected chi connectivity index (χ2v) is 4.55. The van der Waals surface area contributed by atoms with Gasteiger partial charge in [-0.2, -0.15) is 0 Å². The fourth-order valence-corrected chi connectivity index (χ4v) is 2.24. The van der Waals surface area contributed by atoms with E-state index in [2.05, 4.69) is 24.0 Å². The summed E-state index contributed by atoms with van der Waals surface area (Å²) in [6.45, 7) is 2.18. The third-order valence-electron chi connectivity index (χ3n) is 2.81. The van der Waals surface area contributed by atoms with Crippen molar-refractivity contribution < 1.29 is 0 Å². The molecule has 0 N–H and O–H groups in total. The minimum atomic E-state index is 0.0334. The first-order valence-corrected chi connectivity index (χ1v) is 6.24. The molecule has 1 heterocycles. The van der Waals surface area contributed by atoms with Crippen LogP contribution in [0.2, 0.25) is 0 Å². The normalized spacial score (nSPS) is 12.9. The quantitative estimate of drug-likeness (QED) is 0.698. The van der Waals surface area contributed by atoms with Gasteiger partial charge in [0, 0.05) is 11.6 Å². The minimum absolute atomic E-state index is 0.0334. The molecule has 1 aromatic heterocycles. The van der Waals surface area contributed by atoms with Crippen LogP contribution < -0.4 is 0 Å². The van der Waals surface area contributed by atoms with Crippen LogP contribution in [0.1, 0.15) is 37.3 Å². The summed E-state index contributed by atoms with van der Waals surface area (Å²) in [5.41, 5.74) is 1.02. The van der Waals surface area contributed by atoms with Gasteiger partial charge in [-0.05, 0) is 17.9 Å². The molecule has 0 radical (unpaired) electrons. The van der Waals surface area contributed by atoms with E-state index in [0.717, 1.165) is 18.5 Å². The van der Waals surface area contributed by atoms with Gasteiger partial charge in [-0.15, -0.1) is 11.6 Å². The Labute approximate surface area is 101 Å². The Morgan fingerprint density at radius 2 is 2.06 bits per heavy atom. The summed E-state index contributed by atoms with van der Waals surface area (Å²) in [5.74, 6) is 0. The molecule has 0 bridgehead atoms. The van der Waals surface area contributed by atoms with Crippen LogP contribution in [0.3, 0.4) is 0 Å². The monoisotopic (exact) mass is 233 g/mol. The van der Waals surface area contributed by atoms with Crippen molar-refractivity contribution in [2.24, 2.45) is 0 Å². The molecule has 1 aromatic carbocycles. The standard InChI is InChI=1S/C14H16ClN/c1-2-3-8-13(15)14-12-7-5-4-6-11(12)9-10-16-14/h4-7,9-10,13H,2-3,8H2,1H3. The molecule has 2 rings (SSSR count). The average molecular weight is 234 g/mol. The Bertz CT molecular complexity index is 462. The molecule has 84 valence electrons. The molecule has 0 aliphatic carbocycles. The summed E-state index contributed by atoms with van der Waals surface area (Å²) >= 11 is 6.40. The van der Waals surface area contributed by atoms with Crippen LogP contribution >= 0.6 is 11.6 Å². The number of rotatable bonds is 4. The van der Waals surface area contributed by atoms with E-state index in [0.29, 0.717) is 0 Å². The molecule has 0 spiro atoms. The van der Waals surface area contributed by atoms with E-state index in [-0.39, 0.29) is 5.38 Å². The Kier molecular flexibility index (Phi) is 3.79. The molecule has 0 fully saturated rings. The van der Waals surface area contributed by atoms with E-state index in [9.17, 15) is 0 Å². The molecule has 2 heteroatoms. The lowest BCUT2D eigenvalue weighted by Crippen LogP contribution is -1.95. The van der Waals surface area contributed by atoms with Crippen LogP contribution in [-0.4, -0.2) is 4.98 Å². The van der Waals surface area contributed by atoms with Crippen molar-refractivity contribution in [1.82, 2.24) is 4.98 Å². The van der Waals surface area contributed by atoms with Crippen LogP contribution in [0.25, 0.3) is 10.8 Å². The number of hydrogen-bond acceptors (Lipinski definition) is 1. The number of alkyl halides is 1. The van der Waals surface area contributed by atoms with Crippen LogP contribution in [-0.2, 0) is 0 Å². The summed E-state index contributed by atoms with van der Waals surface area (Å²) in [5, 5.41) is 2.43. The van der Waals surface area contributed by atoms with Crippen molar-refractivity contribution in [3.8, 4) is 0 Å². The number of nitrogens with zero attached hydrogens (tertiary/aromatic N) is 1. The van der Waals surface area contributed by atoms with Crippen molar-refractivity contribution in [1.29, 1.82) is 0 Å². The highest BCUT2D eigenvalue weighted by molar-refractivity contribution is 6.21. The van der Waals surface area contributed by atoms with Gasteiger partial charge in [-0.1, -0.05) is 44.0 Å². The fraction of sp³-hybridized carbons (Fsp3) is 0.357. The zero-order chi connectivity index (χ0) is 11.4. The molecule has 0 aliphatic heterocycles. The van der Waals surface area contributed by atoms with Crippen LogP contribution in [0.4, 0.5) is 0 Å². The second kappa shape index (κ2) is 5.31. The lowest BCUT2D eigenvalue weighted by Gasteiger charge is -2.10. The molecule has 0 saturated carbocycles. The van der Waals surface area contributed by atoms with Gasteiger partial charge >= 0.3 is 0 Å². The van der Waals surface area contributed by atoms with E-state index < -0.39 is 0 Å². The van der Waals surface area contributed by atoms with E-state index in [1.165, 1.54) is 17.2 Å². The predicted molar refractivity (Wildman–Crippen MR) is 69.9 cm³/mol. The number of aromatic nitrogens is 1. The van der Waals surface area contributed by atoms with Crippen molar-refractivity contribution in [3.05, 3.63) is 42.2 Å². The summed E-state index contributed by atoms with van der Waals surface area (Å²) < 4.78 is 0. The highest BCUT2D eigenvalue weighted by atomic mass is 35.5. The number of unbranched alkanes of at least 4 members (excludes halogenated alkanes) is 1. The predicted octanol–water partition coefficient (Wildman–Crippen LogP) is 4.70. The lowest BCUT2D eigenvalue weighted by molar-refractivity contribution is 0.693. The third-order valence-corrected chi connectivity index (χ3v) is 3.24. The second-order valence-electron chi connectivity index (χ2n) is 4.03. The molecular formula is C14H16ClN. The van der Waals surface area contributed by atoms with Gasteiger partial charge in [0.2, 0.25) is 0 Å². The van der Waals surface area contributed by atoms with E-state index in [4.69, 9.17) is 11.6 Å². The number of halogens is 1. The fourth-order valence-electron chi connectivity index (χ4n) is 1.91. The van der Waals surface area contributed by atoms with E-state index in [1.807, 2.05) is 24.4 Å². The molecule has 0 amide bonds. The number of fused-ring (bicyclic) bond motifs is 1. The molecule has 1 atom stereocenters. The van der Waals surface area contributed by atoms with Gasteiger partial charge in [0.15, 0.2) is 0 Å². The molecule has 1 unspecified atom stereocenters. The Balaban J connectivity index is 2.36. The topological polar surface area (TPSA) is 12.9 Å². The number of benzene rings is 1. The largest absolute Gasteiger partial charge is 0.259 e. The summed E-state index contributed by atoms with van der Waals surface area (Å²) in [6.07, 6.45) is 5.17. The number of pyridine rings is 1.